The standard InChI is InChI=1S/C18H19N5O3/c1-12-19-17-14(9-6-10-23(17)22-12)20-18(25)21-15(11-16(24)26-2)13-7-4-3-5-8-13/h3-10,15H,11H2,1-2H3,(H2,20,21,25)/t15-/m0/s1. The van der Waals surface area contributed by atoms with Crippen molar-refractivity contribution in [3.63, 3.8) is 0 Å². The van der Waals surface area contributed by atoms with Gasteiger partial charge in [0.25, 0.3) is 0 Å². The van der Waals surface area contributed by atoms with E-state index in [0.717, 1.165) is 5.56 Å². The highest BCUT2D eigenvalue weighted by atomic mass is 16.5. The summed E-state index contributed by atoms with van der Waals surface area (Å²) in [5.41, 5.74) is 1.88. The maximum atomic E-state index is 12.5. The van der Waals surface area contributed by atoms with Crippen molar-refractivity contribution in [2.45, 2.75) is 19.4 Å². The van der Waals surface area contributed by atoms with Crippen LogP contribution in [0.5, 0.6) is 0 Å². The van der Waals surface area contributed by atoms with Gasteiger partial charge in [-0.2, -0.15) is 5.10 Å². The Balaban J connectivity index is 1.77. The second-order valence-corrected chi connectivity index (χ2v) is 5.69. The molecule has 8 heteroatoms. The molecule has 3 aromatic rings. The molecule has 1 aromatic carbocycles. The number of ether oxygens (including phenoxy) is 1. The number of carbonyl (C=O) groups excluding carboxylic acids is 2. The average Bonchev–Trinajstić information content (AvgIpc) is 3.03. The second kappa shape index (κ2) is 7.64. The lowest BCUT2D eigenvalue weighted by Crippen LogP contribution is -2.34. The summed E-state index contributed by atoms with van der Waals surface area (Å²) >= 11 is 0. The fraction of sp³-hybridized carbons (Fsp3) is 0.222. The smallest absolute Gasteiger partial charge is 0.319 e. The van der Waals surface area contributed by atoms with E-state index in [1.54, 1.807) is 29.8 Å². The zero-order chi connectivity index (χ0) is 18.5. The van der Waals surface area contributed by atoms with E-state index in [9.17, 15) is 9.59 Å². The van der Waals surface area contributed by atoms with Crippen LogP contribution < -0.4 is 10.6 Å². The summed E-state index contributed by atoms with van der Waals surface area (Å²) < 4.78 is 6.32. The van der Waals surface area contributed by atoms with Crippen molar-refractivity contribution in [1.82, 2.24) is 19.9 Å². The highest BCUT2D eigenvalue weighted by molar-refractivity contribution is 5.93. The fourth-order valence-corrected chi connectivity index (χ4v) is 2.61. The molecule has 0 aliphatic rings. The van der Waals surface area contributed by atoms with E-state index < -0.39 is 18.0 Å². The van der Waals surface area contributed by atoms with Gasteiger partial charge in [-0.05, 0) is 24.6 Å². The highest BCUT2D eigenvalue weighted by Crippen LogP contribution is 2.19. The number of esters is 1. The van der Waals surface area contributed by atoms with Gasteiger partial charge >= 0.3 is 12.0 Å². The first-order valence-electron chi connectivity index (χ1n) is 8.08. The van der Waals surface area contributed by atoms with Crippen LogP contribution in [-0.4, -0.2) is 33.7 Å². The number of aromatic nitrogens is 3. The SMILES string of the molecule is COC(=O)C[C@H](NC(=O)Nc1cccn2nc(C)nc12)c1ccccc1. The number of hydrogen-bond donors (Lipinski definition) is 2. The van der Waals surface area contributed by atoms with E-state index in [0.29, 0.717) is 17.2 Å². The molecular formula is C18H19N5O3. The van der Waals surface area contributed by atoms with Crippen LogP contribution in [0.3, 0.4) is 0 Å². The first kappa shape index (κ1) is 17.4. The van der Waals surface area contributed by atoms with E-state index in [4.69, 9.17) is 4.74 Å². The Labute approximate surface area is 150 Å². The van der Waals surface area contributed by atoms with Gasteiger partial charge in [0.1, 0.15) is 5.82 Å². The molecule has 8 nitrogen and oxygen atoms in total. The monoisotopic (exact) mass is 353 g/mol. The summed E-state index contributed by atoms with van der Waals surface area (Å²) in [4.78, 5) is 28.5. The second-order valence-electron chi connectivity index (χ2n) is 5.69. The average molecular weight is 353 g/mol. The lowest BCUT2D eigenvalue weighted by molar-refractivity contribution is -0.141. The number of methoxy groups -OCH3 is 1. The fourth-order valence-electron chi connectivity index (χ4n) is 2.61. The number of benzene rings is 1. The number of urea groups is 1. The first-order chi connectivity index (χ1) is 12.6. The minimum absolute atomic E-state index is 0.0299. The number of rotatable bonds is 5. The Hall–Kier alpha value is -3.42. The van der Waals surface area contributed by atoms with E-state index in [1.165, 1.54) is 7.11 Å². The Morgan fingerprint density at radius 3 is 2.69 bits per heavy atom. The Kier molecular flexibility index (Phi) is 5.12. The quantitative estimate of drug-likeness (QED) is 0.687. The lowest BCUT2D eigenvalue weighted by atomic mass is 10.0. The van der Waals surface area contributed by atoms with Crippen LogP contribution in [0.2, 0.25) is 0 Å². The van der Waals surface area contributed by atoms with Crippen molar-refractivity contribution >= 4 is 23.3 Å². The van der Waals surface area contributed by atoms with E-state index >= 15 is 0 Å². The molecule has 0 unspecified atom stereocenters. The number of nitrogens with one attached hydrogen (secondary N) is 2. The van der Waals surface area contributed by atoms with Crippen LogP contribution in [0.15, 0.2) is 48.7 Å². The number of aryl methyl sites for hydroxylation is 1. The Morgan fingerprint density at radius 1 is 1.19 bits per heavy atom. The molecule has 0 bridgehead atoms. The number of hydrogen-bond acceptors (Lipinski definition) is 5. The van der Waals surface area contributed by atoms with E-state index in [-0.39, 0.29) is 6.42 Å². The molecule has 2 aromatic heterocycles. The van der Waals surface area contributed by atoms with Gasteiger partial charge in [-0.15, -0.1) is 0 Å². The molecular weight excluding hydrogens is 334 g/mol. The molecule has 0 aliphatic carbocycles. The molecule has 0 fully saturated rings. The molecule has 0 saturated heterocycles. The first-order valence-corrected chi connectivity index (χ1v) is 8.08. The Bertz CT molecular complexity index is 923. The third-order valence-electron chi connectivity index (χ3n) is 3.82. The highest BCUT2D eigenvalue weighted by Gasteiger charge is 2.19. The van der Waals surface area contributed by atoms with Crippen LogP contribution in [-0.2, 0) is 9.53 Å². The predicted molar refractivity (Wildman–Crippen MR) is 95.7 cm³/mol. The topological polar surface area (TPSA) is 97.6 Å². The normalized spacial score (nSPS) is 11.8. The number of carbonyl (C=O) groups is 2. The number of amides is 2. The number of anilines is 1. The van der Waals surface area contributed by atoms with E-state index in [2.05, 4.69) is 20.7 Å². The van der Waals surface area contributed by atoms with Crippen molar-refractivity contribution in [2.24, 2.45) is 0 Å². The van der Waals surface area contributed by atoms with Crippen LogP contribution in [0.1, 0.15) is 23.9 Å². The minimum Gasteiger partial charge on any atom is -0.469 e. The molecule has 26 heavy (non-hydrogen) atoms. The van der Waals surface area contributed by atoms with Gasteiger partial charge < -0.3 is 15.4 Å². The van der Waals surface area contributed by atoms with Crippen LogP contribution >= 0.6 is 0 Å². The van der Waals surface area contributed by atoms with Gasteiger partial charge in [-0.25, -0.2) is 14.3 Å². The van der Waals surface area contributed by atoms with Gasteiger partial charge in [0, 0.05) is 6.20 Å². The molecule has 0 saturated carbocycles. The van der Waals surface area contributed by atoms with Gasteiger partial charge in [0.2, 0.25) is 0 Å². The van der Waals surface area contributed by atoms with Crippen LogP contribution in [0.4, 0.5) is 10.5 Å². The van der Waals surface area contributed by atoms with Crippen molar-refractivity contribution in [3.8, 4) is 0 Å². The summed E-state index contributed by atoms with van der Waals surface area (Å²) in [5, 5.41) is 9.79. The lowest BCUT2D eigenvalue weighted by Gasteiger charge is -2.18. The van der Waals surface area contributed by atoms with Crippen molar-refractivity contribution < 1.29 is 14.3 Å². The summed E-state index contributed by atoms with van der Waals surface area (Å²) in [7, 11) is 1.32. The zero-order valence-electron chi connectivity index (χ0n) is 14.5. The predicted octanol–water partition coefficient (Wildman–Crippen LogP) is 2.46. The molecule has 2 N–H and O–H groups in total. The van der Waals surface area contributed by atoms with E-state index in [1.807, 2.05) is 30.3 Å². The summed E-state index contributed by atoms with van der Waals surface area (Å²) in [6.07, 6.45) is 1.78. The zero-order valence-corrected chi connectivity index (χ0v) is 14.5. The molecule has 0 radical (unpaired) electrons. The molecule has 2 heterocycles. The van der Waals surface area contributed by atoms with Crippen molar-refractivity contribution in [3.05, 3.63) is 60.0 Å². The largest absolute Gasteiger partial charge is 0.469 e. The number of pyridine rings is 1. The van der Waals surface area contributed by atoms with Crippen LogP contribution in [0, 0.1) is 6.92 Å². The molecule has 2 amide bonds. The molecule has 0 spiro atoms. The summed E-state index contributed by atoms with van der Waals surface area (Å²) in [5.74, 6) is 0.196. The number of nitrogens with zero attached hydrogens (tertiary/aromatic N) is 3. The van der Waals surface area contributed by atoms with Gasteiger partial charge in [-0.1, -0.05) is 30.3 Å². The van der Waals surface area contributed by atoms with Crippen LogP contribution in [0.25, 0.3) is 5.65 Å². The molecule has 3 rings (SSSR count). The number of fused-ring (bicyclic) bond motifs is 1. The molecule has 0 aliphatic heterocycles. The Morgan fingerprint density at radius 2 is 1.96 bits per heavy atom. The minimum atomic E-state index is -0.511. The van der Waals surface area contributed by atoms with Crippen molar-refractivity contribution in [1.29, 1.82) is 0 Å². The third kappa shape index (κ3) is 3.97. The van der Waals surface area contributed by atoms with Gasteiger partial charge in [-0.3, -0.25) is 4.79 Å². The van der Waals surface area contributed by atoms with Crippen molar-refractivity contribution in [2.75, 3.05) is 12.4 Å². The third-order valence-corrected chi connectivity index (χ3v) is 3.82. The maximum Gasteiger partial charge on any atom is 0.319 e. The summed E-state index contributed by atoms with van der Waals surface area (Å²) in [6, 6.07) is 11.8. The van der Waals surface area contributed by atoms with Gasteiger partial charge in [0.05, 0.1) is 25.3 Å². The van der Waals surface area contributed by atoms with Gasteiger partial charge in [0.15, 0.2) is 5.65 Å². The maximum absolute atomic E-state index is 12.5. The summed E-state index contributed by atoms with van der Waals surface area (Å²) in [6.45, 7) is 1.78. The molecule has 134 valence electrons. The molecule has 1 atom stereocenters.